The van der Waals surface area contributed by atoms with Crippen LogP contribution in [-0.4, -0.2) is 16.6 Å². The standard InChI is InChI=1S/C16H20N2O2/c1-4-10-20-13-8-6-12(7-9-13)15-17-11(3)14(5-2)16(19)18-15/h6-9H,4-5,10H2,1-3H3,(H,17,18,19). The van der Waals surface area contributed by atoms with Crippen molar-refractivity contribution in [2.75, 3.05) is 6.61 Å². The van der Waals surface area contributed by atoms with Crippen molar-refractivity contribution in [3.63, 3.8) is 0 Å². The number of hydrogen-bond acceptors (Lipinski definition) is 3. The van der Waals surface area contributed by atoms with Crippen LogP contribution in [0.4, 0.5) is 0 Å². The van der Waals surface area contributed by atoms with Gasteiger partial charge in [0.15, 0.2) is 0 Å². The predicted octanol–water partition coefficient (Wildman–Crippen LogP) is 3.10. The number of nitrogens with one attached hydrogen (secondary N) is 1. The van der Waals surface area contributed by atoms with E-state index in [-0.39, 0.29) is 5.56 Å². The molecule has 0 bridgehead atoms. The first-order valence-corrected chi connectivity index (χ1v) is 6.98. The highest BCUT2D eigenvalue weighted by molar-refractivity contribution is 5.56. The Labute approximate surface area is 118 Å². The van der Waals surface area contributed by atoms with Crippen molar-refractivity contribution in [3.05, 3.63) is 45.9 Å². The van der Waals surface area contributed by atoms with Crippen LogP contribution in [0.2, 0.25) is 0 Å². The summed E-state index contributed by atoms with van der Waals surface area (Å²) in [6.45, 7) is 6.61. The molecule has 0 aliphatic rings. The number of nitrogens with zero attached hydrogens (tertiary/aromatic N) is 1. The molecular formula is C16H20N2O2. The average Bonchev–Trinajstić information content (AvgIpc) is 2.45. The van der Waals surface area contributed by atoms with Crippen molar-refractivity contribution in [3.8, 4) is 17.1 Å². The summed E-state index contributed by atoms with van der Waals surface area (Å²) in [6.07, 6.45) is 1.67. The fraction of sp³-hybridized carbons (Fsp3) is 0.375. The zero-order chi connectivity index (χ0) is 14.5. The molecule has 0 aliphatic heterocycles. The van der Waals surface area contributed by atoms with Crippen LogP contribution in [0.5, 0.6) is 5.75 Å². The van der Waals surface area contributed by atoms with Gasteiger partial charge in [-0.25, -0.2) is 4.98 Å². The molecule has 0 unspecified atom stereocenters. The third-order valence-electron chi connectivity index (χ3n) is 3.18. The topological polar surface area (TPSA) is 55.0 Å². The molecule has 20 heavy (non-hydrogen) atoms. The maximum absolute atomic E-state index is 12.0. The van der Waals surface area contributed by atoms with Crippen LogP contribution in [0.15, 0.2) is 29.1 Å². The molecular weight excluding hydrogens is 252 g/mol. The minimum Gasteiger partial charge on any atom is -0.494 e. The van der Waals surface area contributed by atoms with Crippen molar-refractivity contribution in [1.29, 1.82) is 0 Å². The summed E-state index contributed by atoms with van der Waals surface area (Å²) in [5.41, 5.74) is 2.37. The van der Waals surface area contributed by atoms with Gasteiger partial charge in [-0.3, -0.25) is 4.79 Å². The molecule has 0 saturated heterocycles. The minimum absolute atomic E-state index is 0.0543. The number of aromatic amines is 1. The van der Waals surface area contributed by atoms with Gasteiger partial charge in [0.1, 0.15) is 11.6 Å². The Hall–Kier alpha value is -2.10. The van der Waals surface area contributed by atoms with Crippen molar-refractivity contribution in [2.24, 2.45) is 0 Å². The number of rotatable bonds is 5. The predicted molar refractivity (Wildman–Crippen MR) is 80.2 cm³/mol. The zero-order valence-corrected chi connectivity index (χ0v) is 12.2. The Bertz CT molecular complexity index is 630. The van der Waals surface area contributed by atoms with Gasteiger partial charge in [0, 0.05) is 16.8 Å². The van der Waals surface area contributed by atoms with Crippen LogP contribution in [0.1, 0.15) is 31.5 Å². The zero-order valence-electron chi connectivity index (χ0n) is 12.2. The molecule has 1 heterocycles. The van der Waals surface area contributed by atoms with Gasteiger partial charge >= 0.3 is 0 Å². The molecule has 1 aromatic carbocycles. The molecule has 2 aromatic rings. The maximum atomic E-state index is 12.0. The van der Waals surface area contributed by atoms with Crippen LogP contribution in [-0.2, 0) is 6.42 Å². The van der Waals surface area contributed by atoms with E-state index >= 15 is 0 Å². The van der Waals surface area contributed by atoms with Crippen LogP contribution >= 0.6 is 0 Å². The smallest absolute Gasteiger partial charge is 0.254 e. The van der Waals surface area contributed by atoms with Gasteiger partial charge in [-0.2, -0.15) is 0 Å². The van der Waals surface area contributed by atoms with Gasteiger partial charge < -0.3 is 9.72 Å². The summed E-state index contributed by atoms with van der Waals surface area (Å²) in [5, 5.41) is 0. The van der Waals surface area contributed by atoms with E-state index < -0.39 is 0 Å². The third-order valence-corrected chi connectivity index (χ3v) is 3.18. The number of H-pyrrole nitrogens is 1. The van der Waals surface area contributed by atoms with Crippen molar-refractivity contribution in [2.45, 2.75) is 33.6 Å². The highest BCUT2D eigenvalue weighted by Gasteiger charge is 2.07. The minimum atomic E-state index is -0.0543. The third kappa shape index (κ3) is 3.07. The number of benzene rings is 1. The van der Waals surface area contributed by atoms with Crippen LogP contribution in [0.3, 0.4) is 0 Å². The Kier molecular flexibility index (Phi) is 4.56. The van der Waals surface area contributed by atoms with Gasteiger partial charge in [-0.15, -0.1) is 0 Å². The van der Waals surface area contributed by atoms with Gasteiger partial charge in [0.25, 0.3) is 5.56 Å². The first-order valence-electron chi connectivity index (χ1n) is 6.98. The summed E-state index contributed by atoms with van der Waals surface area (Å²) in [4.78, 5) is 19.3. The average molecular weight is 272 g/mol. The molecule has 4 heteroatoms. The molecule has 0 fully saturated rings. The summed E-state index contributed by atoms with van der Waals surface area (Å²) < 4.78 is 5.54. The molecule has 106 valence electrons. The Morgan fingerprint density at radius 1 is 1.20 bits per heavy atom. The highest BCUT2D eigenvalue weighted by atomic mass is 16.5. The first-order chi connectivity index (χ1) is 9.65. The Morgan fingerprint density at radius 3 is 2.45 bits per heavy atom. The molecule has 1 N–H and O–H groups in total. The number of aromatic nitrogens is 2. The van der Waals surface area contributed by atoms with Gasteiger partial charge in [-0.1, -0.05) is 13.8 Å². The summed E-state index contributed by atoms with van der Waals surface area (Å²) in [6, 6.07) is 7.62. The van der Waals surface area contributed by atoms with E-state index in [0.29, 0.717) is 18.9 Å². The summed E-state index contributed by atoms with van der Waals surface area (Å²) in [5.74, 6) is 1.44. The van der Waals surface area contributed by atoms with E-state index in [1.165, 1.54) is 0 Å². The van der Waals surface area contributed by atoms with Gasteiger partial charge in [-0.05, 0) is 44.0 Å². The van der Waals surface area contributed by atoms with Crippen LogP contribution < -0.4 is 10.3 Å². The van der Waals surface area contributed by atoms with E-state index in [2.05, 4.69) is 16.9 Å². The molecule has 0 spiro atoms. The molecule has 0 saturated carbocycles. The van der Waals surface area contributed by atoms with Crippen molar-refractivity contribution >= 4 is 0 Å². The van der Waals surface area contributed by atoms with E-state index in [1.54, 1.807) is 0 Å². The van der Waals surface area contributed by atoms with Crippen LogP contribution in [0.25, 0.3) is 11.4 Å². The first kappa shape index (κ1) is 14.3. The lowest BCUT2D eigenvalue weighted by Crippen LogP contribution is -2.16. The van der Waals surface area contributed by atoms with E-state index in [0.717, 1.165) is 29.0 Å². The summed E-state index contributed by atoms with van der Waals surface area (Å²) in [7, 11) is 0. The molecule has 0 atom stereocenters. The largest absolute Gasteiger partial charge is 0.494 e. The second kappa shape index (κ2) is 6.37. The molecule has 4 nitrogen and oxygen atoms in total. The molecule has 1 aromatic heterocycles. The second-order valence-corrected chi connectivity index (χ2v) is 4.70. The van der Waals surface area contributed by atoms with Crippen molar-refractivity contribution in [1.82, 2.24) is 9.97 Å². The lowest BCUT2D eigenvalue weighted by Gasteiger charge is -2.07. The second-order valence-electron chi connectivity index (χ2n) is 4.70. The molecule has 0 radical (unpaired) electrons. The monoisotopic (exact) mass is 272 g/mol. The normalized spacial score (nSPS) is 10.6. The number of hydrogen-bond donors (Lipinski definition) is 1. The van der Waals surface area contributed by atoms with Gasteiger partial charge in [0.2, 0.25) is 0 Å². The van der Waals surface area contributed by atoms with Gasteiger partial charge in [0.05, 0.1) is 6.61 Å². The SMILES string of the molecule is CCCOc1ccc(-c2nc(C)c(CC)c(=O)[nH]2)cc1. The lowest BCUT2D eigenvalue weighted by molar-refractivity contribution is 0.317. The molecule has 0 aliphatic carbocycles. The van der Waals surface area contributed by atoms with E-state index in [4.69, 9.17) is 4.74 Å². The quantitative estimate of drug-likeness (QED) is 0.910. The summed E-state index contributed by atoms with van der Waals surface area (Å²) >= 11 is 0. The van der Waals surface area contributed by atoms with E-state index in [9.17, 15) is 4.79 Å². The maximum Gasteiger partial charge on any atom is 0.254 e. The van der Waals surface area contributed by atoms with Crippen molar-refractivity contribution < 1.29 is 4.74 Å². The fourth-order valence-corrected chi connectivity index (χ4v) is 2.09. The molecule has 0 amide bonds. The number of ether oxygens (including phenoxy) is 1. The van der Waals surface area contributed by atoms with E-state index in [1.807, 2.05) is 38.1 Å². The number of aryl methyl sites for hydroxylation is 1. The molecule has 2 rings (SSSR count). The highest BCUT2D eigenvalue weighted by Crippen LogP contribution is 2.19. The Balaban J connectivity index is 2.30. The van der Waals surface area contributed by atoms with Crippen LogP contribution in [0, 0.1) is 6.92 Å². The lowest BCUT2D eigenvalue weighted by atomic mass is 10.1. The Morgan fingerprint density at radius 2 is 1.90 bits per heavy atom. The fourth-order valence-electron chi connectivity index (χ4n) is 2.09.